The molecular formula is C29H30BrN9OS. The van der Waals surface area contributed by atoms with Crippen LogP contribution in [0.3, 0.4) is 0 Å². The fourth-order valence-electron chi connectivity index (χ4n) is 5.03. The van der Waals surface area contributed by atoms with E-state index in [4.69, 9.17) is 5.73 Å². The molecule has 210 valence electrons. The molecule has 1 amide bonds. The molecule has 0 bridgehead atoms. The Kier molecular flexibility index (Phi) is 6.76. The van der Waals surface area contributed by atoms with Crippen LogP contribution in [0.4, 0.5) is 11.4 Å². The average Bonchev–Trinajstić information content (AvgIpc) is 3.35. The molecule has 6 rings (SSSR count). The minimum absolute atomic E-state index is 0.0112. The van der Waals surface area contributed by atoms with E-state index in [2.05, 4.69) is 80.4 Å². The zero-order chi connectivity index (χ0) is 28.9. The third kappa shape index (κ3) is 5.05. The van der Waals surface area contributed by atoms with Crippen LogP contribution in [0.5, 0.6) is 0 Å². The van der Waals surface area contributed by atoms with Crippen molar-refractivity contribution >= 4 is 65.7 Å². The zero-order valence-electron chi connectivity index (χ0n) is 22.9. The number of halogens is 1. The van der Waals surface area contributed by atoms with Gasteiger partial charge in [0.25, 0.3) is 0 Å². The number of thiazole rings is 1. The van der Waals surface area contributed by atoms with Crippen molar-refractivity contribution in [2.45, 2.75) is 45.2 Å². The normalized spacial score (nSPS) is 16.7. The lowest BCUT2D eigenvalue weighted by molar-refractivity contribution is -0.124. The fraction of sp³-hybridized carbons (Fsp3) is 0.310. The highest BCUT2D eigenvalue weighted by Crippen LogP contribution is 2.43. The number of nitrogens with one attached hydrogen (secondary N) is 4. The van der Waals surface area contributed by atoms with Gasteiger partial charge in [-0.15, -0.1) is 16.9 Å². The summed E-state index contributed by atoms with van der Waals surface area (Å²) < 4.78 is 1.86. The highest BCUT2D eigenvalue weighted by molar-refractivity contribution is 9.10. The van der Waals surface area contributed by atoms with Gasteiger partial charge in [0.05, 0.1) is 44.2 Å². The molecule has 1 atom stereocenters. The predicted molar refractivity (Wildman–Crippen MR) is 165 cm³/mol. The maximum Gasteiger partial charge on any atom is 0.244 e. The van der Waals surface area contributed by atoms with Gasteiger partial charge in [-0.2, -0.15) is 5.26 Å². The summed E-state index contributed by atoms with van der Waals surface area (Å²) in [7, 11) is 0. The summed E-state index contributed by atoms with van der Waals surface area (Å²) in [5.41, 5.74) is 18.9. The van der Waals surface area contributed by atoms with Crippen LogP contribution in [-0.4, -0.2) is 33.0 Å². The number of fused-ring (bicyclic) bond motifs is 2. The number of carbonyl (C=O) groups is 1. The number of nitrogens with zero attached hydrogens (tertiary/aromatic N) is 4. The van der Waals surface area contributed by atoms with Crippen LogP contribution in [-0.2, 0) is 4.79 Å². The first-order valence-corrected chi connectivity index (χ1v) is 14.9. The van der Waals surface area contributed by atoms with Gasteiger partial charge in [-0.3, -0.25) is 14.8 Å². The maximum absolute atomic E-state index is 12.2. The van der Waals surface area contributed by atoms with E-state index in [-0.39, 0.29) is 17.4 Å². The Balaban J connectivity index is 1.45. The van der Waals surface area contributed by atoms with Crippen molar-refractivity contribution in [3.63, 3.8) is 0 Å². The van der Waals surface area contributed by atoms with Gasteiger partial charge in [0.1, 0.15) is 11.6 Å². The van der Waals surface area contributed by atoms with Crippen molar-refractivity contribution in [1.82, 2.24) is 25.9 Å². The number of hydrazine groups is 2. The van der Waals surface area contributed by atoms with Crippen molar-refractivity contribution in [2.24, 2.45) is 11.1 Å². The van der Waals surface area contributed by atoms with E-state index in [0.717, 1.165) is 48.2 Å². The van der Waals surface area contributed by atoms with Gasteiger partial charge in [-0.05, 0) is 57.9 Å². The number of hydrogen-bond acceptors (Lipinski definition) is 10. The third-order valence-corrected chi connectivity index (χ3v) is 8.89. The molecule has 10 nitrogen and oxygen atoms in total. The molecule has 1 fully saturated rings. The predicted octanol–water partition coefficient (Wildman–Crippen LogP) is 5.27. The SMILES string of the molecule is CC(C)(C)CNc1c(C#N)cnc2c(Br)cc(N[C@H](C3=CN(C4(C(N)=O)CC4)NN3)c3cccc4ncsc34)cc12. The smallest absolute Gasteiger partial charge is 0.244 e. The van der Waals surface area contributed by atoms with Crippen LogP contribution in [0, 0.1) is 16.7 Å². The maximum atomic E-state index is 12.2. The summed E-state index contributed by atoms with van der Waals surface area (Å²) in [6, 6.07) is 12.0. The number of primary amides is 1. The molecule has 1 saturated carbocycles. The van der Waals surface area contributed by atoms with Crippen molar-refractivity contribution in [2.75, 3.05) is 17.2 Å². The van der Waals surface area contributed by atoms with E-state index in [9.17, 15) is 10.1 Å². The van der Waals surface area contributed by atoms with Gasteiger partial charge in [0.2, 0.25) is 5.91 Å². The molecule has 0 spiro atoms. The van der Waals surface area contributed by atoms with Crippen LogP contribution >= 0.6 is 27.3 Å². The molecule has 1 aliphatic carbocycles. The molecule has 2 aromatic carbocycles. The van der Waals surface area contributed by atoms with Gasteiger partial charge >= 0.3 is 0 Å². The average molecular weight is 633 g/mol. The summed E-state index contributed by atoms with van der Waals surface area (Å²) in [6.07, 6.45) is 4.91. The van der Waals surface area contributed by atoms with Crippen LogP contribution in [0.2, 0.25) is 0 Å². The molecule has 6 N–H and O–H groups in total. The Morgan fingerprint density at radius 1 is 1.32 bits per heavy atom. The lowest BCUT2D eigenvalue weighted by atomic mass is 9.96. The lowest BCUT2D eigenvalue weighted by Crippen LogP contribution is -2.51. The summed E-state index contributed by atoms with van der Waals surface area (Å²) >= 11 is 5.30. The fourth-order valence-corrected chi connectivity index (χ4v) is 6.42. The van der Waals surface area contributed by atoms with Gasteiger partial charge in [0.15, 0.2) is 0 Å². The Morgan fingerprint density at radius 2 is 2.12 bits per heavy atom. The summed E-state index contributed by atoms with van der Waals surface area (Å²) in [4.78, 5) is 21.3. The molecule has 1 aliphatic heterocycles. The highest BCUT2D eigenvalue weighted by atomic mass is 79.9. The Morgan fingerprint density at radius 3 is 2.83 bits per heavy atom. The van der Waals surface area contributed by atoms with Gasteiger partial charge < -0.3 is 21.8 Å². The molecule has 0 radical (unpaired) electrons. The third-order valence-electron chi connectivity index (χ3n) is 7.39. The Bertz CT molecular complexity index is 1750. The van der Waals surface area contributed by atoms with Crippen molar-refractivity contribution in [1.29, 1.82) is 5.26 Å². The lowest BCUT2D eigenvalue weighted by Gasteiger charge is -2.24. The molecule has 2 aromatic heterocycles. The Hall–Kier alpha value is -3.92. The number of anilines is 2. The minimum Gasteiger partial charge on any atom is -0.383 e. The van der Waals surface area contributed by atoms with E-state index >= 15 is 0 Å². The van der Waals surface area contributed by atoms with E-state index in [1.54, 1.807) is 22.5 Å². The van der Waals surface area contributed by atoms with E-state index in [0.29, 0.717) is 24.9 Å². The highest BCUT2D eigenvalue weighted by Gasteiger charge is 2.54. The van der Waals surface area contributed by atoms with Gasteiger partial charge in [0, 0.05) is 34.5 Å². The van der Waals surface area contributed by atoms with Crippen LogP contribution in [0.1, 0.15) is 50.8 Å². The monoisotopic (exact) mass is 631 g/mol. The van der Waals surface area contributed by atoms with Crippen LogP contribution in [0.15, 0.2) is 58.4 Å². The largest absolute Gasteiger partial charge is 0.383 e. The van der Waals surface area contributed by atoms with Crippen LogP contribution < -0.4 is 27.3 Å². The van der Waals surface area contributed by atoms with Gasteiger partial charge in [-0.25, -0.2) is 4.98 Å². The quantitative estimate of drug-likeness (QED) is 0.175. The van der Waals surface area contributed by atoms with Crippen LogP contribution in [0.25, 0.3) is 21.1 Å². The van der Waals surface area contributed by atoms with Crippen molar-refractivity contribution < 1.29 is 4.79 Å². The second kappa shape index (κ2) is 10.2. The van der Waals surface area contributed by atoms with Gasteiger partial charge in [-0.1, -0.05) is 32.9 Å². The second-order valence-electron chi connectivity index (χ2n) is 11.6. The molecule has 0 saturated heterocycles. The number of hydrogen-bond donors (Lipinski definition) is 5. The summed E-state index contributed by atoms with van der Waals surface area (Å²) in [5, 5.41) is 19.7. The molecule has 3 heterocycles. The number of pyridine rings is 1. The molecule has 41 heavy (non-hydrogen) atoms. The molecule has 0 unspecified atom stereocenters. The minimum atomic E-state index is -0.727. The zero-order valence-corrected chi connectivity index (χ0v) is 25.3. The first kappa shape index (κ1) is 27.3. The first-order valence-electron chi connectivity index (χ1n) is 13.3. The number of nitriles is 1. The summed E-state index contributed by atoms with van der Waals surface area (Å²) in [5.74, 6) is -0.354. The van der Waals surface area contributed by atoms with E-state index in [1.165, 1.54) is 0 Å². The first-order chi connectivity index (χ1) is 19.6. The molecular weight excluding hydrogens is 602 g/mol. The number of carbonyl (C=O) groups excluding carboxylic acids is 1. The molecule has 4 aromatic rings. The number of benzene rings is 2. The number of nitrogens with two attached hydrogens (primary N) is 1. The second-order valence-corrected chi connectivity index (χ2v) is 13.3. The summed E-state index contributed by atoms with van der Waals surface area (Å²) in [6.45, 7) is 7.12. The topological polar surface area (TPSA) is 144 Å². The Labute approximate surface area is 250 Å². The van der Waals surface area contributed by atoms with E-state index < -0.39 is 5.54 Å². The number of aromatic nitrogens is 2. The van der Waals surface area contributed by atoms with E-state index in [1.807, 2.05) is 36.0 Å². The standard InChI is InChI=1S/C29H30BrN9OS/c1-28(2,3)14-34-23-16(11-31)12-33-24-19(23)9-17(10-20(24)30)36-25(18-5-4-6-21-26(18)41-15-35-21)22-13-39(38-37-22)29(7-8-29)27(32)40/h4-6,9-10,12-13,15,25,36-38H,7-8,14H2,1-3H3,(H2,32,40)(H,33,34)/t25-/m0/s1. The van der Waals surface area contributed by atoms with Crippen molar-refractivity contribution in [3.8, 4) is 6.07 Å². The number of amides is 1. The van der Waals surface area contributed by atoms with Crippen molar-refractivity contribution in [3.05, 3.63) is 69.5 Å². The molecule has 2 aliphatic rings. The molecule has 12 heteroatoms. The number of rotatable bonds is 8.